The van der Waals surface area contributed by atoms with Crippen LogP contribution in [0.1, 0.15) is 30.5 Å². The second-order valence-corrected chi connectivity index (χ2v) is 3.63. The van der Waals surface area contributed by atoms with Gasteiger partial charge in [-0.15, -0.1) is 0 Å². The van der Waals surface area contributed by atoms with Crippen LogP contribution in [0.5, 0.6) is 0 Å². The molecule has 88 valence electrons. The van der Waals surface area contributed by atoms with E-state index in [0.29, 0.717) is 11.4 Å². The molecule has 0 heterocycles. The quantitative estimate of drug-likeness (QED) is 0.589. The van der Waals surface area contributed by atoms with Gasteiger partial charge in [-0.05, 0) is 42.5 Å². The van der Waals surface area contributed by atoms with Crippen LogP contribution in [0.15, 0.2) is 16.1 Å². The molecule has 0 unspecified atom stereocenters. The van der Waals surface area contributed by atoms with E-state index >= 15 is 0 Å². The summed E-state index contributed by atoms with van der Waals surface area (Å²) in [6.07, 6.45) is 4.58. The molecule has 17 heavy (non-hydrogen) atoms. The summed E-state index contributed by atoms with van der Waals surface area (Å²) < 4.78 is 0. The fourth-order valence-corrected chi connectivity index (χ4v) is 2.07. The van der Waals surface area contributed by atoms with E-state index in [9.17, 15) is 9.59 Å². The number of rotatable bonds is 4. The molecule has 4 heteroatoms. The third-order valence-corrected chi connectivity index (χ3v) is 2.75. The van der Waals surface area contributed by atoms with E-state index in [1.54, 1.807) is 6.07 Å². The van der Waals surface area contributed by atoms with Gasteiger partial charge in [-0.3, -0.25) is 0 Å². The summed E-state index contributed by atoms with van der Waals surface area (Å²) in [5.74, 6) is 0. The molecular formula is C13H14N2O2. The number of aryl methyl sites for hydroxylation is 1. The Kier molecular flexibility index (Phi) is 4.53. The molecule has 0 aliphatic rings. The maximum absolute atomic E-state index is 10.5. The molecule has 4 nitrogen and oxygen atoms in total. The van der Waals surface area contributed by atoms with E-state index in [2.05, 4.69) is 9.98 Å². The van der Waals surface area contributed by atoms with E-state index in [1.165, 1.54) is 12.2 Å². The van der Waals surface area contributed by atoms with Gasteiger partial charge in [-0.25, -0.2) is 9.59 Å². The standard InChI is InChI=1S/C13H14N2O2/c1-4-10-9(3)6-12(14-7-16)13(15-8-17)11(10)5-2/h6H,4-5H2,1-3H3. The molecule has 0 N–H and O–H groups in total. The Morgan fingerprint density at radius 1 is 1.06 bits per heavy atom. The van der Waals surface area contributed by atoms with Crippen molar-refractivity contribution >= 4 is 23.5 Å². The molecule has 0 aliphatic carbocycles. The average Bonchev–Trinajstić information content (AvgIpc) is 2.32. The molecule has 0 atom stereocenters. The van der Waals surface area contributed by atoms with Crippen molar-refractivity contribution in [3.8, 4) is 0 Å². The second kappa shape index (κ2) is 5.90. The van der Waals surface area contributed by atoms with Crippen LogP contribution in [0.3, 0.4) is 0 Å². The monoisotopic (exact) mass is 230 g/mol. The summed E-state index contributed by atoms with van der Waals surface area (Å²) >= 11 is 0. The molecule has 0 aromatic heterocycles. The highest BCUT2D eigenvalue weighted by Crippen LogP contribution is 2.36. The summed E-state index contributed by atoms with van der Waals surface area (Å²) in [6.45, 7) is 5.97. The molecule has 0 saturated carbocycles. The molecule has 1 rings (SSSR count). The Labute approximate surface area is 100 Å². The van der Waals surface area contributed by atoms with Crippen LogP contribution >= 0.6 is 0 Å². The van der Waals surface area contributed by atoms with Crippen LogP contribution in [0.2, 0.25) is 0 Å². The fourth-order valence-electron chi connectivity index (χ4n) is 2.07. The van der Waals surface area contributed by atoms with Gasteiger partial charge >= 0.3 is 0 Å². The normalized spacial score (nSPS) is 9.35. The van der Waals surface area contributed by atoms with Crippen LogP contribution in [-0.4, -0.2) is 12.2 Å². The lowest BCUT2D eigenvalue weighted by molar-refractivity contribution is 0.564. The van der Waals surface area contributed by atoms with E-state index < -0.39 is 0 Å². The lowest BCUT2D eigenvalue weighted by Gasteiger charge is -2.13. The molecule has 0 fully saturated rings. The van der Waals surface area contributed by atoms with Crippen molar-refractivity contribution < 1.29 is 9.59 Å². The van der Waals surface area contributed by atoms with E-state index in [4.69, 9.17) is 0 Å². The second-order valence-electron chi connectivity index (χ2n) is 3.63. The zero-order valence-electron chi connectivity index (χ0n) is 10.2. The first kappa shape index (κ1) is 13.0. The summed E-state index contributed by atoms with van der Waals surface area (Å²) in [6, 6.07) is 1.75. The predicted molar refractivity (Wildman–Crippen MR) is 65.5 cm³/mol. The fraction of sp³-hybridized carbons (Fsp3) is 0.385. The highest BCUT2D eigenvalue weighted by Gasteiger charge is 2.13. The smallest absolute Gasteiger partial charge is 0.211 e. The highest BCUT2D eigenvalue weighted by molar-refractivity contribution is 5.74. The lowest BCUT2D eigenvalue weighted by Crippen LogP contribution is -1.96. The van der Waals surface area contributed by atoms with Crippen LogP contribution in [0.4, 0.5) is 11.4 Å². The molecule has 1 aromatic rings. The van der Waals surface area contributed by atoms with Crippen LogP contribution in [-0.2, 0) is 22.4 Å². The zero-order valence-corrected chi connectivity index (χ0v) is 10.2. The van der Waals surface area contributed by atoms with Gasteiger partial charge in [-0.2, -0.15) is 9.98 Å². The molecule has 0 radical (unpaired) electrons. The largest absolute Gasteiger partial charge is 0.240 e. The van der Waals surface area contributed by atoms with Gasteiger partial charge in [-0.1, -0.05) is 13.8 Å². The SMILES string of the molecule is CCc1c(C)cc(N=C=O)c(N=C=O)c1CC. The predicted octanol–water partition coefficient (Wildman–Crippen LogP) is 3.05. The number of carbonyl (C=O) groups excluding carboxylic acids is 2. The van der Waals surface area contributed by atoms with E-state index in [1.807, 2.05) is 20.8 Å². The summed E-state index contributed by atoms with van der Waals surface area (Å²) in [5.41, 5.74) is 3.96. The number of hydrogen-bond donors (Lipinski definition) is 0. The molecule has 0 spiro atoms. The summed E-state index contributed by atoms with van der Waals surface area (Å²) in [5, 5.41) is 0. The molecule has 0 saturated heterocycles. The Morgan fingerprint density at radius 3 is 2.12 bits per heavy atom. The first-order valence-electron chi connectivity index (χ1n) is 5.50. The van der Waals surface area contributed by atoms with Gasteiger partial charge in [0.05, 0.1) is 0 Å². The lowest BCUT2D eigenvalue weighted by atomic mass is 9.95. The van der Waals surface area contributed by atoms with Gasteiger partial charge in [0.15, 0.2) is 0 Å². The molecule has 0 bridgehead atoms. The maximum atomic E-state index is 10.5. The molecule has 1 aromatic carbocycles. The van der Waals surface area contributed by atoms with Crippen molar-refractivity contribution in [3.05, 3.63) is 22.8 Å². The summed E-state index contributed by atoms with van der Waals surface area (Å²) in [7, 11) is 0. The van der Waals surface area contributed by atoms with Crippen LogP contribution in [0.25, 0.3) is 0 Å². The van der Waals surface area contributed by atoms with Crippen molar-refractivity contribution in [2.45, 2.75) is 33.6 Å². The van der Waals surface area contributed by atoms with Gasteiger partial charge in [0.1, 0.15) is 11.4 Å². The minimum atomic E-state index is 0.384. The zero-order chi connectivity index (χ0) is 12.8. The van der Waals surface area contributed by atoms with Crippen LogP contribution in [0, 0.1) is 6.92 Å². The first-order valence-corrected chi connectivity index (χ1v) is 5.50. The maximum Gasteiger partial charge on any atom is 0.240 e. The van der Waals surface area contributed by atoms with Crippen LogP contribution < -0.4 is 0 Å². The first-order chi connectivity index (χ1) is 8.19. The number of hydrogen-bond acceptors (Lipinski definition) is 4. The molecule has 0 aliphatic heterocycles. The number of nitrogens with zero attached hydrogens (tertiary/aromatic N) is 2. The van der Waals surface area contributed by atoms with Crippen molar-refractivity contribution in [2.75, 3.05) is 0 Å². The molecular weight excluding hydrogens is 216 g/mol. The Bertz CT molecular complexity index is 523. The van der Waals surface area contributed by atoms with Crippen molar-refractivity contribution in [1.82, 2.24) is 0 Å². The number of aliphatic imine (C=N–C) groups is 2. The third-order valence-electron chi connectivity index (χ3n) is 2.75. The van der Waals surface area contributed by atoms with Crippen molar-refractivity contribution in [2.24, 2.45) is 9.98 Å². The molecule has 0 amide bonds. The summed E-state index contributed by atoms with van der Waals surface area (Å²) in [4.78, 5) is 28.1. The van der Waals surface area contributed by atoms with Gasteiger partial charge in [0.2, 0.25) is 12.2 Å². The topological polar surface area (TPSA) is 58.9 Å². The minimum absolute atomic E-state index is 0.384. The van der Waals surface area contributed by atoms with Gasteiger partial charge in [0.25, 0.3) is 0 Å². The van der Waals surface area contributed by atoms with E-state index in [-0.39, 0.29) is 0 Å². The van der Waals surface area contributed by atoms with E-state index in [0.717, 1.165) is 29.5 Å². The highest BCUT2D eigenvalue weighted by atomic mass is 16.1. The van der Waals surface area contributed by atoms with Gasteiger partial charge in [0, 0.05) is 0 Å². The minimum Gasteiger partial charge on any atom is -0.211 e. The Hall–Kier alpha value is -2.02. The van der Waals surface area contributed by atoms with Crippen molar-refractivity contribution in [3.63, 3.8) is 0 Å². The van der Waals surface area contributed by atoms with Gasteiger partial charge < -0.3 is 0 Å². The third kappa shape index (κ3) is 2.56. The van der Waals surface area contributed by atoms with Crippen molar-refractivity contribution in [1.29, 1.82) is 0 Å². The Morgan fingerprint density at radius 2 is 1.65 bits per heavy atom. The number of isocyanates is 2. The number of benzene rings is 1. The average molecular weight is 230 g/mol. The Balaban J connectivity index is 3.70.